The summed E-state index contributed by atoms with van der Waals surface area (Å²) < 4.78 is 26.0. The van der Waals surface area contributed by atoms with Gasteiger partial charge in [-0.3, -0.25) is 9.69 Å². The van der Waals surface area contributed by atoms with Gasteiger partial charge in [-0.1, -0.05) is 12.1 Å². The lowest BCUT2D eigenvalue weighted by Gasteiger charge is -2.32. The van der Waals surface area contributed by atoms with Crippen molar-refractivity contribution >= 4 is 24.5 Å². The zero-order valence-corrected chi connectivity index (χ0v) is 14.2. The summed E-state index contributed by atoms with van der Waals surface area (Å²) in [6.45, 7) is 7.63. The van der Waals surface area contributed by atoms with Crippen LogP contribution in [-0.2, 0) is 20.6 Å². The number of hydrogen-bond donors (Lipinski definition) is 1. The van der Waals surface area contributed by atoms with Crippen molar-refractivity contribution in [2.75, 3.05) is 6.54 Å². The molecule has 128 valence electrons. The molecule has 0 aliphatic carbocycles. The maximum atomic E-state index is 14.3. The minimum atomic E-state index is -0.835. The van der Waals surface area contributed by atoms with Crippen LogP contribution in [0.15, 0.2) is 18.2 Å². The van der Waals surface area contributed by atoms with Crippen LogP contribution in [0.4, 0.5) is 9.18 Å². The number of halogens is 1. The lowest BCUT2D eigenvalue weighted by atomic mass is 9.78. The number of carbonyl (C=O) groups excluding carboxylic acids is 2. The van der Waals surface area contributed by atoms with E-state index in [9.17, 15) is 14.0 Å². The second-order valence-electron chi connectivity index (χ2n) is 7.08. The van der Waals surface area contributed by atoms with Crippen molar-refractivity contribution < 1.29 is 23.3 Å². The van der Waals surface area contributed by atoms with Crippen molar-refractivity contribution in [2.24, 2.45) is 0 Å². The molecule has 0 aromatic heterocycles. The highest BCUT2D eigenvalue weighted by atomic mass is 19.1. The maximum absolute atomic E-state index is 14.3. The summed E-state index contributed by atoms with van der Waals surface area (Å²) in [4.78, 5) is 24.4. The number of nitrogens with one attached hydrogen (secondary N) is 1. The Hall–Kier alpha value is -1.93. The maximum Gasteiger partial charge on any atom is 0.497 e. The van der Waals surface area contributed by atoms with E-state index in [4.69, 9.17) is 9.31 Å². The highest BCUT2D eigenvalue weighted by Gasteiger charge is 2.52. The molecule has 0 atom stereocenters. The largest absolute Gasteiger partial charge is 0.497 e. The molecule has 8 heteroatoms. The molecule has 0 bridgehead atoms. The van der Waals surface area contributed by atoms with Gasteiger partial charge in [0.15, 0.2) is 0 Å². The smallest absolute Gasteiger partial charge is 0.399 e. The average molecular weight is 334 g/mol. The van der Waals surface area contributed by atoms with Gasteiger partial charge in [0.1, 0.15) is 5.82 Å². The summed E-state index contributed by atoms with van der Waals surface area (Å²) in [5.41, 5.74) is -0.264. The highest BCUT2D eigenvalue weighted by molar-refractivity contribution is 6.62. The lowest BCUT2D eigenvalue weighted by molar-refractivity contribution is -0.125. The molecular weight excluding hydrogens is 314 g/mol. The van der Waals surface area contributed by atoms with Gasteiger partial charge in [0.25, 0.3) is 0 Å². The van der Waals surface area contributed by atoms with Crippen LogP contribution in [0.3, 0.4) is 0 Å². The van der Waals surface area contributed by atoms with Crippen LogP contribution in [-0.4, -0.2) is 41.7 Å². The Bertz CT molecular complexity index is 675. The molecule has 2 saturated heterocycles. The zero-order valence-electron chi connectivity index (χ0n) is 14.2. The van der Waals surface area contributed by atoms with Gasteiger partial charge in [-0.15, -0.1) is 0 Å². The minimum absolute atomic E-state index is 0.00981. The normalized spacial score (nSPS) is 22.2. The first-order valence-electron chi connectivity index (χ1n) is 7.83. The molecule has 0 saturated carbocycles. The Labute approximate surface area is 140 Å². The fourth-order valence-corrected chi connectivity index (χ4v) is 2.64. The molecule has 2 heterocycles. The van der Waals surface area contributed by atoms with Gasteiger partial charge < -0.3 is 14.6 Å². The van der Waals surface area contributed by atoms with E-state index in [0.29, 0.717) is 5.56 Å². The van der Waals surface area contributed by atoms with E-state index >= 15 is 0 Å². The molecular formula is C16H20BFN2O4. The number of imide groups is 1. The lowest BCUT2D eigenvalue weighted by Crippen LogP contribution is -2.41. The van der Waals surface area contributed by atoms with Crippen LogP contribution in [0.2, 0.25) is 0 Å². The van der Waals surface area contributed by atoms with Crippen molar-refractivity contribution in [3.63, 3.8) is 0 Å². The van der Waals surface area contributed by atoms with Crippen molar-refractivity contribution in [1.29, 1.82) is 0 Å². The molecule has 1 aromatic carbocycles. The predicted molar refractivity (Wildman–Crippen MR) is 86.1 cm³/mol. The highest BCUT2D eigenvalue weighted by Crippen LogP contribution is 2.36. The molecule has 3 amide bonds. The van der Waals surface area contributed by atoms with E-state index in [0.717, 1.165) is 4.90 Å². The predicted octanol–water partition coefficient (Wildman–Crippen LogP) is 1.18. The van der Waals surface area contributed by atoms with Crippen LogP contribution >= 0.6 is 0 Å². The molecule has 1 N–H and O–H groups in total. The first-order valence-corrected chi connectivity index (χ1v) is 7.83. The number of nitrogens with zero attached hydrogens (tertiary/aromatic N) is 1. The van der Waals surface area contributed by atoms with E-state index in [2.05, 4.69) is 5.32 Å². The monoisotopic (exact) mass is 334 g/mol. The van der Waals surface area contributed by atoms with E-state index < -0.39 is 30.2 Å². The van der Waals surface area contributed by atoms with Gasteiger partial charge in [-0.2, -0.15) is 0 Å². The third-order valence-electron chi connectivity index (χ3n) is 4.85. The first-order chi connectivity index (χ1) is 11.1. The van der Waals surface area contributed by atoms with E-state index in [1.807, 2.05) is 27.7 Å². The fraction of sp³-hybridized carbons (Fsp3) is 0.500. The van der Waals surface area contributed by atoms with Crippen molar-refractivity contribution in [3.05, 3.63) is 29.6 Å². The molecule has 6 nitrogen and oxygen atoms in total. The summed E-state index contributed by atoms with van der Waals surface area (Å²) in [7, 11) is -0.835. The summed E-state index contributed by atoms with van der Waals surface area (Å²) in [5, 5.41) is 2.46. The molecule has 0 radical (unpaired) electrons. The van der Waals surface area contributed by atoms with E-state index in [1.54, 1.807) is 12.1 Å². The Morgan fingerprint density at radius 1 is 1.21 bits per heavy atom. The van der Waals surface area contributed by atoms with Crippen molar-refractivity contribution in [2.45, 2.75) is 45.4 Å². The van der Waals surface area contributed by atoms with Gasteiger partial charge in [0, 0.05) is 5.46 Å². The number of urea groups is 1. The summed E-state index contributed by atoms with van der Waals surface area (Å²) >= 11 is 0. The third kappa shape index (κ3) is 2.80. The minimum Gasteiger partial charge on any atom is -0.399 e. The second kappa shape index (κ2) is 5.56. The number of hydrogen-bond acceptors (Lipinski definition) is 4. The SMILES string of the molecule is CC1(C)OB(c2cc(CN3C(=O)CNC3=O)ccc2F)OC1(C)C. The summed E-state index contributed by atoms with van der Waals surface area (Å²) in [6, 6.07) is 3.98. The van der Waals surface area contributed by atoms with Gasteiger partial charge in [-0.25, -0.2) is 9.18 Å². The van der Waals surface area contributed by atoms with Crippen molar-refractivity contribution in [3.8, 4) is 0 Å². The summed E-state index contributed by atoms with van der Waals surface area (Å²) in [6.07, 6.45) is 0. The van der Waals surface area contributed by atoms with E-state index in [-0.39, 0.29) is 24.5 Å². The topological polar surface area (TPSA) is 67.9 Å². The fourth-order valence-electron chi connectivity index (χ4n) is 2.64. The van der Waals surface area contributed by atoms with Crippen LogP contribution < -0.4 is 10.8 Å². The molecule has 0 unspecified atom stereocenters. The Balaban J connectivity index is 1.85. The number of amides is 3. The van der Waals surface area contributed by atoms with Crippen LogP contribution in [0.5, 0.6) is 0 Å². The van der Waals surface area contributed by atoms with Gasteiger partial charge in [0.2, 0.25) is 5.91 Å². The van der Waals surface area contributed by atoms with Gasteiger partial charge in [-0.05, 0) is 39.3 Å². The van der Waals surface area contributed by atoms with Gasteiger partial charge >= 0.3 is 13.1 Å². The standard InChI is InChI=1S/C16H20BFN2O4/c1-15(2)16(3,4)24-17(23-15)11-7-10(5-6-12(11)18)9-20-13(21)8-19-14(20)22/h5-7H,8-9H2,1-4H3,(H,19,22). The van der Waals surface area contributed by atoms with E-state index in [1.165, 1.54) is 6.07 Å². The molecule has 1 aromatic rings. The Morgan fingerprint density at radius 3 is 2.38 bits per heavy atom. The first kappa shape index (κ1) is 16.9. The molecule has 2 fully saturated rings. The molecule has 2 aliphatic heterocycles. The van der Waals surface area contributed by atoms with Crippen LogP contribution in [0, 0.1) is 5.82 Å². The third-order valence-corrected chi connectivity index (χ3v) is 4.85. The number of carbonyl (C=O) groups is 2. The van der Waals surface area contributed by atoms with Gasteiger partial charge in [0.05, 0.1) is 24.3 Å². The molecule has 3 rings (SSSR count). The quantitative estimate of drug-likeness (QED) is 0.666. The Morgan fingerprint density at radius 2 is 1.83 bits per heavy atom. The number of rotatable bonds is 3. The average Bonchev–Trinajstić information content (AvgIpc) is 2.90. The zero-order chi connectivity index (χ0) is 17.7. The van der Waals surface area contributed by atoms with Crippen molar-refractivity contribution in [1.82, 2.24) is 10.2 Å². The molecule has 0 spiro atoms. The van der Waals surface area contributed by atoms with Crippen LogP contribution in [0.25, 0.3) is 0 Å². The summed E-state index contributed by atoms with van der Waals surface area (Å²) in [5.74, 6) is -0.754. The number of benzene rings is 1. The molecule has 2 aliphatic rings. The molecule has 24 heavy (non-hydrogen) atoms. The second-order valence-corrected chi connectivity index (χ2v) is 7.08. The van der Waals surface area contributed by atoms with Crippen LogP contribution in [0.1, 0.15) is 33.3 Å². The Kier molecular flexibility index (Phi) is 3.92.